The van der Waals surface area contributed by atoms with E-state index in [1.165, 1.54) is 7.11 Å². The first-order valence-corrected chi connectivity index (χ1v) is 8.75. The van der Waals surface area contributed by atoms with Gasteiger partial charge in [0, 0.05) is 11.0 Å². The number of nitrogens with zero attached hydrogens (tertiary/aromatic N) is 1. The van der Waals surface area contributed by atoms with Crippen LogP contribution in [0.3, 0.4) is 0 Å². The normalized spacial score (nSPS) is 16.1. The van der Waals surface area contributed by atoms with Crippen LogP contribution in [0, 0.1) is 0 Å². The van der Waals surface area contributed by atoms with E-state index in [2.05, 4.69) is 15.9 Å². The fraction of sp³-hybridized carbons (Fsp3) is 0.263. The predicted molar refractivity (Wildman–Crippen MR) is 97.5 cm³/mol. The summed E-state index contributed by atoms with van der Waals surface area (Å²) < 4.78 is 11.2. The Morgan fingerprint density at radius 3 is 2.68 bits per heavy atom. The molecule has 2 aromatic carbocycles. The largest absolute Gasteiger partial charge is 0.469 e. The maximum Gasteiger partial charge on any atom is 0.414 e. The summed E-state index contributed by atoms with van der Waals surface area (Å²) in [5.74, 6) is -0.674. The van der Waals surface area contributed by atoms with Gasteiger partial charge in [-0.1, -0.05) is 46.3 Å². The average molecular weight is 404 g/mol. The average Bonchev–Trinajstić information content (AvgIpc) is 2.65. The standard InChI is InChI=1S/C19H18BrNO4/c1-24-18(22)15-9-10-21(17-8-7-14(20)11-16(15)17)19(23)25-12-13-5-3-2-4-6-13/h2-8,11,15H,9-10,12H2,1H3. The van der Waals surface area contributed by atoms with Crippen molar-refractivity contribution >= 4 is 33.7 Å². The molecule has 0 saturated carbocycles. The SMILES string of the molecule is COC(=O)C1CCN(C(=O)OCc2ccccc2)c2ccc(Br)cc21. The van der Waals surface area contributed by atoms with E-state index in [-0.39, 0.29) is 18.5 Å². The zero-order valence-electron chi connectivity index (χ0n) is 13.8. The van der Waals surface area contributed by atoms with Crippen LogP contribution < -0.4 is 4.90 Å². The van der Waals surface area contributed by atoms with E-state index in [9.17, 15) is 9.59 Å². The first-order chi connectivity index (χ1) is 12.1. The lowest BCUT2D eigenvalue weighted by molar-refractivity contribution is -0.142. The monoisotopic (exact) mass is 403 g/mol. The number of benzene rings is 2. The summed E-state index contributed by atoms with van der Waals surface area (Å²) in [7, 11) is 1.38. The maximum atomic E-state index is 12.5. The molecule has 0 spiro atoms. The van der Waals surface area contributed by atoms with Gasteiger partial charge in [0.2, 0.25) is 0 Å². The summed E-state index contributed by atoms with van der Waals surface area (Å²) >= 11 is 3.42. The van der Waals surface area contributed by atoms with Crippen LogP contribution in [0.4, 0.5) is 10.5 Å². The Bertz CT molecular complexity index is 778. The van der Waals surface area contributed by atoms with Crippen molar-refractivity contribution < 1.29 is 19.1 Å². The van der Waals surface area contributed by atoms with E-state index in [1.54, 1.807) is 4.90 Å². The Morgan fingerprint density at radius 1 is 1.20 bits per heavy atom. The van der Waals surface area contributed by atoms with Crippen LogP contribution in [0.5, 0.6) is 0 Å². The number of esters is 1. The number of ether oxygens (including phenoxy) is 2. The van der Waals surface area contributed by atoms with Gasteiger partial charge in [0.15, 0.2) is 0 Å². The van der Waals surface area contributed by atoms with Crippen molar-refractivity contribution in [3.05, 3.63) is 64.1 Å². The highest BCUT2D eigenvalue weighted by Crippen LogP contribution is 2.38. The van der Waals surface area contributed by atoms with E-state index in [1.807, 2.05) is 48.5 Å². The van der Waals surface area contributed by atoms with Gasteiger partial charge in [0.05, 0.1) is 18.7 Å². The molecule has 0 fully saturated rings. The van der Waals surface area contributed by atoms with Gasteiger partial charge in [0.1, 0.15) is 6.61 Å². The molecule has 0 bridgehead atoms. The second-order valence-corrected chi connectivity index (χ2v) is 6.68. The summed E-state index contributed by atoms with van der Waals surface area (Å²) in [6.45, 7) is 0.616. The van der Waals surface area contributed by atoms with Gasteiger partial charge in [0.25, 0.3) is 0 Å². The molecule has 0 aromatic heterocycles. The van der Waals surface area contributed by atoms with Gasteiger partial charge in [-0.25, -0.2) is 4.79 Å². The lowest BCUT2D eigenvalue weighted by atomic mass is 9.90. The predicted octanol–water partition coefficient (Wildman–Crippen LogP) is 4.25. The number of hydrogen-bond acceptors (Lipinski definition) is 4. The van der Waals surface area contributed by atoms with Crippen molar-refractivity contribution in [2.45, 2.75) is 18.9 Å². The van der Waals surface area contributed by atoms with Crippen LogP contribution in [-0.2, 0) is 20.9 Å². The Labute approximate surface area is 154 Å². The molecule has 0 saturated heterocycles. The van der Waals surface area contributed by atoms with Crippen molar-refractivity contribution in [3.8, 4) is 0 Å². The molecule has 130 valence electrons. The van der Waals surface area contributed by atoms with Crippen molar-refractivity contribution in [1.82, 2.24) is 0 Å². The van der Waals surface area contributed by atoms with Gasteiger partial charge in [-0.05, 0) is 35.7 Å². The third-order valence-corrected chi connectivity index (χ3v) is 4.70. The van der Waals surface area contributed by atoms with Crippen LogP contribution in [0.1, 0.15) is 23.5 Å². The summed E-state index contributed by atoms with van der Waals surface area (Å²) in [4.78, 5) is 26.2. The molecule has 0 aliphatic carbocycles. The van der Waals surface area contributed by atoms with Gasteiger partial charge < -0.3 is 9.47 Å². The zero-order chi connectivity index (χ0) is 17.8. The first kappa shape index (κ1) is 17.5. The van der Waals surface area contributed by atoms with Gasteiger partial charge in [-0.15, -0.1) is 0 Å². The minimum absolute atomic E-state index is 0.211. The molecule has 6 heteroatoms. The number of hydrogen-bond donors (Lipinski definition) is 0. The molecule has 1 aliphatic rings. The molecule has 3 rings (SSSR count). The zero-order valence-corrected chi connectivity index (χ0v) is 15.4. The molecule has 1 amide bonds. The van der Waals surface area contributed by atoms with E-state index in [0.29, 0.717) is 18.7 Å². The van der Waals surface area contributed by atoms with Gasteiger partial charge in [-0.2, -0.15) is 0 Å². The van der Waals surface area contributed by atoms with Crippen molar-refractivity contribution in [2.24, 2.45) is 0 Å². The summed E-state index contributed by atoms with van der Waals surface area (Å²) in [6, 6.07) is 15.0. The molecular formula is C19H18BrNO4. The lowest BCUT2D eigenvalue weighted by Crippen LogP contribution is -2.38. The topological polar surface area (TPSA) is 55.8 Å². The van der Waals surface area contributed by atoms with Crippen LogP contribution in [-0.4, -0.2) is 25.7 Å². The fourth-order valence-corrected chi connectivity index (χ4v) is 3.34. The molecule has 2 aromatic rings. The third kappa shape index (κ3) is 3.85. The Hall–Kier alpha value is -2.34. The molecule has 1 unspecified atom stereocenters. The number of rotatable bonds is 3. The number of halogens is 1. The molecule has 25 heavy (non-hydrogen) atoms. The van der Waals surface area contributed by atoms with Gasteiger partial charge in [-0.3, -0.25) is 9.69 Å². The Kier molecular flexibility index (Phi) is 5.38. The molecule has 0 N–H and O–H groups in total. The molecular weight excluding hydrogens is 386 g/mol. The molecule has 0 radical (unpaired) electrons. The minimum Gasteiger partial charge on any atom is -0.469 e. The van der Waals surface area contributed by atoms with Crippen molar-refractivity contribution in [3.63, 3.8) is 0 Å². The van der Waals surface area contributed by atoms with E-state index in [0.717, 1.165) is 15.6 Å². The Morgan fingerprint density at radius 2 is 1.96 bits per heavy atom. The van der Waals surface area contributed by atoms with Crippen molar-refractivity contribution in [2.75, 3.05) is 18.6 Å². The number of carbonyl (C=O) groups is 2. The van der Waals surface area contributed by atoms with Crippen LogP contribution in [0.15, 0.2) is 53.0 Å². The highest BCUT2D eigenvalue weighted by Gasteiger charge is 2.34. The summed E-state index contributed by atoms with van der Waals surface area (Å²) in [6.07, 6.45) is 0.0760. The summed E-state index contributed by atoms with van der Waals surface area (Å²) in [5, 5.41) is 0. The van der Waals surface area contributed by atoms with Crippen LogP contribution >= 0.6 is 15.9 Å². The number of carbonyl (C=O) groups excluding carboxylic acids is 2. The Balaban J connectivity index is 1.80. The van der Waals surface area contributed by atoms with Gasteiger partial charge >= 0.3 is 12.1 Å². The van der Waals surface area contributed by atoms with E-state index < -0.39 is 6.09 Å². The number of amides is 1. The highest BCUT2D eigenvalue weighted by molar-refractivity contribution is 9.10. The highest BCUT2D eigenvalue weighted by atomic mass is 79.9. The number of methoxy groups -OCH3 is 1. The number of fused-ring (bicyclic) bond motifs is 1. The molecule has 1 atom stereocenters. The first-order valence-electron chi connectivity index (χ1n) is 7.95. The van der Waals surface area contributed by atoms with E-state index >= 15 is 0 Å². The molecule has 1 aliphatic heterocycles. The third-order valence-electron chi connectivity index (χ3n) is 4.21. The second-order valence-electron chi connectivity index (χ2n) is 5.76. The lowest BCUT2D eigenvalue weighted by Gasteiger charge is -2.32. The fourth-order valence-electron chi connectivity index (χ4n) is 2.96. The smallest absolute Gasteiger partial charge is 0.414 e. The maximum absolute atomic E-state index is 12.5. The molecule has 1 heterocycles. The van der Waals surface area contributed by atoms with E-state index in [4.69, 9.17) is 9.47 Å². The van der Waals surface area contributed by atoms with Crippen molar-refractivity contribution in [1.29, 1.82) is 0 Å². The quantitative estimate of drug-likeness (QED) is 0.718. The number of anilines is 1. The van der Waals surface area contributed by atoms with Crippen LogP contribution in [0.25, 0.3) is 0 Å². The van der Waals surface area contributed by atoms with Crippen LogP contribution in [0.2, 0.25) is 0 Å². The molecule has 5 nitrogen and oxygen atoms in total. The summed E-state index contributed by atoms with van der Waals surface area (Å²) in [5.41, 5.74) is 2.38. The minimum atomic E-state index is -0.421. The second kappa shape index (κ2) is 7.70.